The van der Waals surface area contributed by atoms with Crippen molar-refractivity contribution < 1.29 is 14.3 Å². The normalized spacial score (nSPS) is 16.9. The van der Waals surface area contributed by atoms with Gasteiger partial charge in [-0.3, -0.25) is 0 Å². The van der Waals surface area contributed by atoms with E-state index in [1.165, 1.54) is 0 Å². The zero-order valence-electron chi connectivity index (χ0n) is 10.8. The third kappa shape index (κ3) is 1.87. The third-order valence-corrected chi connectivity index (χ3v) is 3.36. The molecule has 0 radical (unpaired) electrons. The second kappa shape index (κ2) is 4.43. The summed E-state index contributed by atoms with van der Waals surface area (Å²) in [5.74, 6) is 0.470. The molecule has 0 saturated carbocycles. The molecule has 0 spiro atoms. The Bertz CT molecular complexity index is 646. The van der Waals surface area contributed by atoms with Crippen LogP contribution in [0.5, 0.6) is 5.75 Å². The Balaban J connectivity index is 2.12. The fraction of sp³-hybridized carbons (Fsp3) is 0.188. The highest BCUT2D eigenvalue weighted by atomic mass is 16.6. The predicted molar refractivity (Wildman–Crippen MR) is 71.4 cm³/mol. The monoisotopic (exact) mass is 254 g/mol. The molecular formula is C16H14O3. The lowest BCUT2D eigenvalue weighted by molar-refractivity contribution is 0.0452. The molecule has 0 saturated heterocycles. The van der Waals surface area contributed by atoms with Gasteiger partial charge in [0, 0.05) is 11.1 Å². The summed E-state index contributed by atoms with van der Waals surface area (Å²) >= 11 is 0. The first-order valence-corrected chi connectivity index (χ1v) is 6.15. The van der Waals surface area contributed by atoms with Gasteiger partial charge in [-0.2, -0.15) is 0 Å². The van der Waals surface area contributed by atoms with Crippen LogP contribution < -0.4 is 4.74 Å². The molecule has 96 valence electrons. The number of hydrogen-bond acceptors (Lipinski definition) is 3. The maximum atomic E-state index is 11.9. The average Bonchev–Trinajstić information content (AvgIpc) is 2.76. The van der Waals surface area contributed by atoms with E-state index < -0.39 is 0 Å². The van der Waals surface area contributed by atoms with Crippen molar-refractivity contribution in [2.45, 2.75) is 13.0 Å². The smallest absolute Gasteiger partial charge is 0.339 e. The molecule has 0 N–H and O–H groups in total. The minimum Gasteiger partial charge on any atom is -0.496 e. The van der Waals surface area contributed by atoms with E-state index in [2.05, 4.69) is 0 Å². The van der Waals surface area contributed by atoms with E-state index in [0.29, 0.717) is 5.56 Å². The Labute approximate surface area is 111 Å². The van der Waals surface area contributed by atoms with E-state index in [4.69, 9.17) is 9.47 Å². The van der Waals surface area contributed by atoms with E-state index in [9.17, 15) is 4.79 Å². The van der Waals surface area contributed by atoms with Crippen LogP contribution in [0, 0.1) is 6.92 Å². The van der Waals surface area contributed by atoms with Crippen LogP contribution in [0.15, 0.2) is 42.5 Å². The SMILES string of the molecule is COc1cc(C)ccc1C1OC(=O)c2ccccc21. The molecule has 3 heteroatoms. The first-order chi connectivity index (χ1) is 9.20. The fourth-order valence-corrected chi connectivity index (χ4v) is 2.41. The van der Waals surface area contributed by atoms with Crippen molar-refractivity contribution in [1.82, 2.24) is 0 Å². The van der Waals surface area contributed by atoms with Crippen molar-refractivity contribution >= 4 is 5.97 Å². The van der Waals surface area contributed by atoms with Gasteiger partial charge in [0.25, 0.3) is 0 Å². The van der Waals surface area contributed by atoms with Gasteiger partial charge in [0.15, 0.2) is 6.10 Å². The van der Waals surface area contributed by atoms with Crippen LogP contribution in [-0.2, 0) is 4.74 Å². The number of esters is 1. The summed E-state index contributed by atoms with van der Waals surface area (Å²) in [4.78, 5) is 11.9. The van der Waals surface area contributed by atoms with Crippen molar-refractivity contribution in [2.75, 3.05) is 7.11 Å². The molecule has 1 heterocycles. The number of rotatable bonds is 2. The van der Waals surface area contributed by atoms with Crippen molar-refractivity contribution in [1.29, 1.82) is 0 Å². The Hall–Kier alpha value is -2.29. The van der Waals surface area contributed by atoms with Crippen LogP contribution in [-0.4, -0.2) is 13.1 Å². The van der Waals surface area contributed by atoms with Gasteiger partial charge in [-0.15, -0.1) is 0 Å². The molecule has 2 aromatic rings. The number of methoxy groups -OCH3 is 1. The van der Waals surface area contributed by atoms with Gasteiger partial charge in [0.2, 0.25) is 0 Å². The van der Waals surface area contributed by atoms with Crippen molar-refractivity contribution in [3.63, 3.8) is 0 Å². The number of carbonyl (C=O) groups is 1. The fourth-order valence-electron chi connectivity index (χ4n) is 2.41. The predicted octanol–water partition coefficient (Wildman–Crippen LogP) is 3.26. The number of benzene rings is 2. The summed E-state index contributed by atoms with van der Waals surface area (Å²) in [5.41, 5.74) is 3.52. The summed E-state index contributed by atoms with van der Waals surface area (Å²) < 4.78 is 10.9. The number of fused-ring (bicyclic) bond motifs is 1. The average molecular weight is 254 g/mol. The van der Waals surface area contributed by atoms with E-state index in [1.54, 1.807) is 13.2 Å². The van der Waals surface area contributed by atoms with Gasteiger partial charge < -0.3 is 9.47 Å². The van der Waals surface area contributed by atoms with Crippen molar-refractivity contribution in [2.24, 2.45) is 0 Å². The molecule has 1 unspecified atom stereocenters. The molecule has 1 aliphatic rings. The summed E-state index contributed by atoms with van der Waals surface area (Å²) in [5, 5.41) is 0. The number of aryl methyl sites for hydroxylation is 1. The van der Waals surface area contributed by atoms with E-state index in [0.717, 1.165) is 22.4 Å². The maximum absolute atomic E-state index is 11.9. The minimum atomic E-state index is -0.376. The molecule has 1 atom stereocenters. The van der Waals surface area contributed by atoms with Crippen molar-refractivity contribution in [3.8, 4) is 5.75 Å². The molecule has 0 bridgehead atoms. The topological polar surface area (TPSA) is 35.5 Å². The second-order valence-electron chi connectivity index (χ2n) is 4.62. The number of cyclic esters (lactones) is 1. The highest BCUT2D eigenvalue weighted by molar-refractivity contribution is 5.94. The minimum absolute atomic E-state index is 0.275. The van der Waals surface area contributed by atoms with E-state index in [1.807, 2.05) is 43.3 Å². The van der Waals surface area contributed by atoms with E-state index in [-0.39, 0.29) is 12.1 Å². The molecule has 0 aromatic heterocycles. The second-order valence-corrected chi connectivity index (χ2v) is 4.62. The highest BCUT2D eigenvalue weighted by Gasteiger charge is 2.33. The van der Waals surface area contributed by atoms with Crippen LogP contribution in [0.25, 0.3) is 0 Å². The Kier molecular flexibility index (Phi) is 2.75. The van der Waals surface area contributed by atoms with Gasteiger partial charge in [-0.25, -0.2) is 4.79 Å². The van der Waals surface area contributed by atoms with Gasteiger partial charge in [0.1, 0.15) is 5.75 Å². The summed E-state index contributed by atoms with van der Waals surface area (Å²) in [7, 11) is 1.63. The van der Waals surface area contributed by atoms with Crippen molar-refractivity contribution in [3.05, 3.63) is 64.7 Å². The standard InChI is InChI=1S/C16H14O3/c1-10-7-8-13(14(9-10)18-2)15-11-5-3-4-6-12(11)16(17)19-15/h3-9,15H,1-2H3. The van der Waals surface area contributed by atoms with Crippen LogP contribution in [0.1, 0.15) is 33.2 Å². The number of carbonyl (C=O) groups excluding carboxylic acids is 1. The number of ether oxygens (including phenoxy) is 2. The van der Waals surface area contributed by atoms with Crippen LogP contribution in [0.2, 0.25) is 0 Å². The van der Waals surface area contributed by atoms with Gasteiger partial charge >= 0.3 is 5.97 Å². The Morgan fingerprint density at radius 1 is 1.11 bits per heavy atom. The lowest BCUT2D eigenvalue weighted by Crippen LogP contribution is -2.03. The lowest BCUT2D eigenvalue weighted by Gasteiger charge is -2.15. The summed E-state index contributed by atoms with van der Waals surface area (Å²) in [6.45, 7) is 2.00. The Morgan fingerprint density at radius 3 is 2.68 bits per heavy atom. The largest absolute Gasteiger partial charge is 0.496 e. The Morgan fingerprint density at radius 2 is 1.89 bits per heavy atom. The summed E-state index contributed by atoms with van der Waals surface area (Å²) in [6, 6.07) is 13.4. The van der Waals surface area contributed by atoms with Crippen LogP contribution >= 0.6 is 0 Å². The lowest BCUT2D eigenvalue weighted by atomic mass is 9.98. The van der Waals surface area contributed by atoms with Gasteiger partial charge in [-0.1, -0.05) is 30.3 Å². The molecule has 0 fully saturated rings. The highest BCUT2D eigenvalue weighted by Crippen LogP contribution is 2.39. The number of hydrogen-bond donors (Lipinski definition) is 0. The molecule has 3 nitrogen and oxygen atoms in total. The maximum Gasteiger partial charge on any atom is 0.339 e. The zero-order valence-corrected chi connectivity index (χ0v) is 10.8. The molecule has 2 aromatic carbocycles. The van der Waals surface area contributed by atoms with Gasteiger partial charge in [0.05, 0.1) is 12.7 Å². The molecule has 19 heavy (non-hydrogen) atoms. The molecule has 1 aliphatic heterocycles. The molecular weight excluding hydrogens is 240 g/mol. The first kappa shape index (κ1) is 11.8. The first-order valence-electron chi connectivity index (χ1n) is 6.15. The quantitative estimate of drug-likeness (QED) is 0.772. The summed E-state index contributed by atoms with van der Waals surface area (Å²) in [6.07, 6.45) is -0.376. The molecule has 0 aliphatic carbocycles. The zero-order chi connectivity index (χ0) is 13.4. The van der Waals surface area contributed by atoms with Gasteiger partial charge in [-0.05, 0) is 24.6 Å². The third-order valence-electron chi connectivity index (χ3n) is 3.36. The molecule has 3 rings (SSSR count). The van der Waals surface area contributed by atoms with E-state index >= 15 is 0 Å². The van der Waals surface area contributed by atoms with Crippen LogP contribution in [0.4, 0.5) is 0 Å². The van der Waals surface area contributed by atoms with Crippen LogP contribution in [0.3, 0.4) is 0 Å². The molecule has 0 amide bonds.